The summed E-state index contributed by atoms with van der Waals surface area (Å²) in [6, 6.07) is 0. The van der Waals surface area contributed by atoms with Crippen LogP contribution >= 0.6 is 0 Å². The second kappa shape index (κ2) is 11.1. The van der Waals surface area contributed by atoms with Crippen LogP contribution in [-0.4, -0.2) is 0 Å². The Balaban J connectivity index is 0.0000000963. The molecular weight excluding hydrogens is 661 g/mol. The van der Waals surface area contributed by atoms with Crippen LogP contribution in [0.5, 0.6) is 0 Å². The summed E-state index contributed by atoms with van der Waals surface area (Å²) in [6.45, 7) is 38.3. The predicted octanol–water partition coefficient (Wildman–Crippen LogP) is 17.2. The molecule has 0 amide bonds. The van der Waals surface area contributed by atoms with E-state index < -0.39 is 0 Å². The Bertz CT molecular complexity index is 1110. The molecule has 0 nitrogen and oxygen atoms in total. The highest BCUT2D eigenvalue weighted by atomic mass is 14.7. The van der Waals surface area contributed by atoms with E-state index in [2.05, 4.69) is 104 Å². The maximum absolute atomic E-state index is 2.55. The number of hydrogen-bond donors (Lipinski definition) is 0. The molecule has 16 bridgehead atoms. The van der Waals surface area contributed by atoms with E-state index in [1.807, 2.05) is 0 Å². The Hall–Kier alpha value is 0. The van der Waals surface area contributed by atoms with Gasteiger partial charge in [0.25, 0.3) is 0 Å². The molecule has 0 saturated heterocycles. The van der Waals surface area contributed by atoms with Crippen LogP contribution in [0.15, 0.2) is 0 Å². The highest BCUT2D eigenvalue weighted by Gasteiger charge is 2.65. The minimum Gasteiger partial charge on any atom is -0.0596 e. The fourth-order valence-corrected chi connectivity index (χ4v) is 26.8. The molecule has 0 heteroatoms. The first-order chi connectivity index (χ1) is 24.6. The van der Waals surface area contributed by atoms with Crippen LogP contribution in [0, 0.1) is 87.1 Å². The largest absolute Gasteiger partial charge is 0.0596 e. The van der Waals surface area contributed by atoms with Gasteiger partial charge in [-0.1, -0.05) is 104 Å². The van der Waals surface area contributed by atoms with Gasteiger partial charge in [-0.15, -0.1) is 0 Å². The first-order valence-electron chi connectivity index (χ1n) is 24.6. The molecule has 0 aliphatic heterocycles. The highest BCUT2D eigenvalue weighted by molar-refractivity contribution is 5.15. The lowest BCUT2D eigenvalue weighted by Crippen LogP contribution is -2.57. The van der Waals surface area contributed by atoms with E-state index in [-0.39, 0.29) is 0 Å². The third kappa shape index (κ3) is 7.34. The quantitative estimate of drug-likeness (QED) is 0.231. The van der Waals surface area contributed by atoms with E-state index >= 15 is 0 Å². The van der Waals surface area contributed by atoms with Crippen LogP contribution in [0.1, 0.15) is 258 Å². The average molecular weight is 755 g/mol. The van der Waals surface area contributed by atoms with Crippen molar-refractivity contribution in [3.05, 3.63) is 0 Å². The van der Waals surface area contributed by atoms with E-state index in [1.54, 1.807) is 0 Å². The summed E-state index contributed by atoms with van der Waals surface area (Å²) in [6.07, 6.45) is 36.3. The fraction of sp³-hybridized carbons (Fsp3) is 1.00. The maximum Gasteiger partial charge on any atom is -0.0310 e. The second-order valence-electron chi connectivity index (χ2n) is 32.4. The zero-order valence-corrected chi connectivity index (χ0v) is 40.0. The average Bonchev–Trinajstić information content (AvgIpc) is 2.75. The van der Waals surface area contributed by atoms with Crippen molar-refractivity contribution >= 4 is 0 Å². The van der Waals surface area contributed by atoms with Crippen molar-refractivity contribution < 1.29 is 0 Å². The molecule has 0 aromatic rings. The maximum atomic E-state index is 2.55. The molecule has 0 N–H and O–H groups in total. The first kappa shape index (κ1) is 40.4. The van der Waals surface area contributed by atoms with Gasteiger partial charge < -0.3 is 0 Å². The van der Waals surface area contributed by atoms with Gasteiger partial charge in [0, 0.05) is 0 Å². The van der Waals surface area contributed by atoms with Crippen molar-refractivity contribution in [2.45, 2.75) is 258 Å². The summed E-state index contributed by atoms with van der Waals surface area (Å²) in [7, 11) is 0. The molecule has 16 aliphatic carbocycles. The first-order valence-corrected chi connectivity index (χ1v) is 24.6. The van der Waals surface area contributed by atoms with Gasteiger partial charge in [-0.05, 0) is 241 Å². The Morgan fingerprint density at radius 3 is 0.345 bits per heavy atom. The van der Waals surface area contributed by atoms with E-state index in [0.717, 1.165) is 22.2 Å². The normalized spacial score (nSPS) is 65.6. The van der Waals surface area contributed by atoms with Crippen LogP contribution in [-0.2, 0) is 0 Å². The topological polar surface area (TPSA) is 0 Å². The second-order valence-corrected chi connectivity index (χ2v) is 32.4. The molecule has 16 fully saturated rings. The van der Waals surface area contributed by atoms with Crippen molar-refractivity contribution in [1.82, 2.24) is 0 Å². The molecule has 314 valence electrons. The monoisotopic (exact) mass is 755 g/mol. The highest BCUT2D eigenvalue weighted by Crippen LogP contribution is 2.76. The summed E-state index contributed by atoms with van der Waals surface area (Å²) >= 11 is 0. The van der Waals surface area contributed by atoms with Crippen molar-refractivity contribution in [3.63, 3.8) is 0 Å². The minimum absolute atomic E-state index is 0.688. The Morgan fingerprint density at radius 2 is 0.255 bits per heavy atom. The summed E-state index contributed by atoms with van der Waals surface area (Å²) < 4.78 is 0. The SMILES string of the molecule is CC12CC3(C)CC(C)(C1)CC(C)(C2)C3.CC12CC3(C)CC(C)(C1)CC(C)(C2)C3.CC12CC3(C)CC(C)(C1)CC(C)(C2)C3.CC12CC3CC(C)(C1)CC(C)(C3)C2. The Kier molecular flexibility index (Phi) is 8.14. The summed E-state index contributed by atoms with van der Waals surface area (Å²) in [4.78, 5) is 0. The minimum atomic E-state index is 0.688. The van der Waals surface area contributed by atoms with Gasteiger partial charge in [0.05, 0.1) is 0 Å². The summed E-state index contributed by atoms with van der Waals surface area (Å²) in [5.41, 5.74) is 10.4. The molecule has 0 spiro atoms. The zero-order chi connectivity index (χ0) is 40.0. The number of rotatable bonds is 0. The predicted molar refractivity (Wildman–Crippen MR) is 236 cm³/mol. The molecular formula is C55H94. The van der Waals surface area contributed by atoms with Crippen LogP contribution in [0.2, 0.25) is 0 Å². The van der Waals surface area contributed by atoms with Gasteiger partial charge >= 0.3 is 0 Å². The molecule has 55 heavy (non-hydrogen) atoms. The van der Waals surface area contributed by atoms with Crippen molar-refractivity contribution in [3.8, 4) is 0 Å². The standard InChI is InChI=1S/3C14H24.C13H22/c3*1-11-5-12(2)8-13(3,6-11)10-14(4,7-11)9-12;1-11-4-10-5-12(2,7-11)9-13(3,6-10)8-11/h3*5-10H2,1-4H3;10H,4-9H2,1-3H3. The lowest BCUT2D eigenvalue weighted by Gasteiger charge is -2.68. The molecule has 0 heterocycles. The van der Waals surface area contributed by atoms with E-state index in [4.69, 9.17) is 0 Å². The van der Waals surface area contributed by atoms with Crippen LogP contribution in [0.3, 0.4) is 0 Å². The third-order valence-corrected chi connectivity index (χ3v) is 20.3. The summed E-state index contributed by atoms with van der Waals surface area (Å²) in [5.74, 6) is 1.08. The molecule has 16 saturated carbocycles. The molecule has 0 unspecified atom stereocenters. The fourth-order valence-electron chi connectivity index (χ4n) is 26.8. The van der Waals surface area contributed by atoms with Crippen molar-refractivity contribution in [2.24, 2.45) is 87.1 Å². The lowest BCUT2D eigenvalue weighted by molar-refractivity contribution is -0.176. The van der Waals surface area contributed by atoms with Gasteiger partial charge in [0.1, 0.15) is 0 Å². The van der Waals surface area contributed by atoms with Crippen LogP contribution in [0.25, 0.3) is 0 Å². The Labute approximate surface area is 343 Å². The lowest BCUT2D eigenvalue weighted by atomic mass is 9.37. The van der Waals surface area contributed by atoms with Gasteiger partial charge in [0.15, 0.2) is 0 Å². The smallest absolute Gasteiger partial charge is 0.0310 e. The molecule has 16 aliphatic rings. The molecule has 0 aromatic carbocycles. The Morgan fingerprint density at radius 1 is 0.164 bits per heavy atom. The van der Waals surface area contributed by atoms with E-state index in [0.29, 0.717) is 65.0 Å². The van der Waals surface area contributed by atoms with Crippen molar-refractivity contribution in [2.75, 3.05) is 0 Å². The third-order valence-electron chi connectivity index (χ3n) is 20.3. The molecule has 0 aromatic heterocycles. The van der Waals surface area contributed by atoms with Gasteiger partial charge in [-0.25, -0.2) is 0 Å². The zero-order valence-electron chi connectivity index (χ0n) is 40.0. The van der Waals surface area contributed by atoms with Gasteiger partial charge in [0.2, 0.25) is 0 Å². The summed E-state index contributed by atoms with van der Waals surface area (Å²) in [5, 5.41) is 0. The molecule has 0 atom stereocenters. The van der Waals surface area contributed by atoms with Crippen LogP contribution < -0.4 is 0 Å². The van der Waals surface area contributed by atoms with Crippen LogP contribution in [0.4, 0.5) is 0 Å². The van der Waals surface area contributed by atoms with Gasteiger partial charge in [-0.2, -0.15) is 0 Å². The van der Waals surface area contributed by atoms with Crippen molar-refractivity contribution in [1.29, 1.82) is 0 Å². The number of hydrogen-bond acceptors (Lipinski definition) is 0. The van der Waals surface area contributed by atoms with E-state index in [1.165, 1.54) is 154 Å². The van der Waals surface area contributed by atoms with E-state index in [9.17, 15) is 0 Å². The molecule has 0 radical (unpaired) electrons. The molecule has 16 rings (SSSR count). The van der Waals surface area contributed by atoms with Gasteiger partial charge in [-0.3, -0.25) is 0 Å².